The third-order valence-electron chi connectivity index (χ3n) is 6.28. The van der Waals surface area contributed by atoms with Gasteiger partial charge in [-0.25, -0.2) is 4.68 Å². The molecule has 1 fully saturated rings. The van der Waals surface area contributed by atoms with Crippen LogP contribution in [-0.2, 0) is 19.4 Å². The molecule has 0 radical (unpaired) electrons. The molecule has 1 saturated heterocycles. The molecule has 3 heterocycles. The zero-order valence-corrected chi connectivity index (χ0v) is 16.4. The molecule has 2 aliphatic rings. The van der Waals surface area contributed by atoms with Crippen LogP contribution in [0.15, 0.2) is 35.1 Å². The first-order valence-electron chi connectivity index (χ1n) is 10.5. The molecular formula is C22H25N5O2. The van der Waals surface area contributed by atoms with Gasteiger partial charge in [-0.3, -0.25) is 14.7 Å². The molecule has 2 aromatic heterocycles. The van der Waals surface area contributed by atoms with E-state index in [0.717, 1.165) is 60.7 Å². The molecule has 1 aliphatic heterocycles. The van der Waals surface area contributed by atoms with Gasteiger partial charge in [0.15, 0.2) is 5.69 Å². The van der Waals surface area contributed by atoms with Crippen molar-refractivity contribution in [3.8, 4) is 0 Å². The molecule has 7 nitrogen and oxygen atoms in total. The Morgan fingerprint density at radius 1 is 1.14 bits per heavy atom. The van der Waals surface area contributed by atoms with E-state index in [4.69, 9.17) is 0 Å². The number of fused-ring (bicyclic) bond motifs is 2. The van der Waals surface area contributed by atoms with Gasteiger partial charge in [-0.2, -0.15) is 10.2 Å². The Labute approximate surface area is 168 Å². The molecule has 0 spiro atoms. The fourth-order valence-corrected chi connectivity index (χ4v) is 4.57. The molecule has 5 rings (SSSR count). The van der Waals surface area contributed by atoms with Gasteiger partial charge in [0.2, 0.25) is 0 Å². The van der Waals surface area contributed by atoms with E-state index < -0.39 is 0 Å². The van der Waals surface area contributed by atoms with Crippen molar-refractivity contribution in [1.82, 2.24) is 24.9 Å². The standard InChI is InChI=1S/C22H25N5O2/c28-20-13-16-5-1-3-7-18(16)25-27(20)14-15-9-11-26(12-10-15)22(29)21-17-6-2-4-8-19(17)23-24-21/h2,4,6,8,13,15H,1,3,5,7,9-12,14H2,(H,23,24). The minimum atomic E-state index is -0.0232. The predicted molar refractivity (Wildman–Crippen MR) is 110 cm³/mol. The van der Waals surface area contributed by atoms with E-state index in [-0.39, 0.29) is 11.5 Å². The number of piperidine rings is 1. The quantitative estimate of drug-likeness (QED) is 0.744. The average Bonchev–Trinajstić information content (AvgIpc) is 3.18. The molecule has 0 saturated carbocycles. The molecule has 150 valence electrons. The summed E-state index contributed by atoms with van der Waals surface area (Å²) in [6, 6.07) is 9.48. The van der Waals surface area contributed by atoms with Gasteiger partial charge in [-0.1, -0.05) is 18.2 Å². The van der Waals surface area contributed by atoms with Gasteiger partial charge in [-0.15, -0.1) is 0 Å². The van der Waals surface area contributed by atoms with Crippen LogP contribution < -0.4 is 5.56 Å². The SMILES string of the molecule is O=C(c1n[nH]c2ccccc12)N1CCC(Cn2nc3c(cc2=O)CCCC3)CC1. The van der Waals surface area contributed by atoms with Crippen LogP contribution in [0.2, 0.25) is 0 Å². The summed E-state index contributed by atoms with van der Waals surface area (Å²) in [5.41, 5.74) is 3.60. The van der Waals surface area contributed by atoms with Crippen molar-refractivity contribution in [2.45, 2.75) is 45.1 Å². The van der Waals surface area contributed by atoms with Crippen LogP contribution in [0, 0.1) is 5.92 Å². The van der Waals surface area contributed by atoms with Crippen LogP contribution in [0.4, 0.5) is 0 Å². The molecule has 1 amide bonds. The maximum Gasteiger partial charge on any atom is 0.274 e. The van der Waals surface area contributed by atoms with Crippen LogP contribution in [-0.4, -0.2) is 43.9 Å². The highest BCUT2D eigenvalue weighted by Crippen LogP contribution is 2.23. The zero-order valence-electron chi connectivity index (χ0n) is 16.4. The van der Waals surface area contributed by atoms with Gasteiger partial charge in [0.25, 0.3) is 11.5 Å². The third kappa shape index (κ3) is 3.45. The third-order valence-corrected chi connectivity index (χ3v) is 6.28. The van der Waals surface area contributed by atoms with Gasteiger partial charge in [0.1, 0.15) is 0 Å². The first-order valence-corrected chi connectivity index (χ1v) is 10.5. The van der Waals surface area contributed by atoms with Crippen LogP contribution in [0.3, 0.4) is 0 Å². The normalized spacial score (nSPS) is 17.4. The number of aromatic nitrogens is 4. The summed E-state index contributed by atoms with van der Waals surface area (Å²) in [7, 11) is 0. The van der Waals surface area contributed by atoms with E-state index in [1.54, 1.807) is 10.7 Å². The number of carbonyl (C=O) groups is 1. The van der Waals surface area contributed by atoms with Crippen LogP contribution in [0.25, 0.3) is 10.9 Å². The number of nitrogens with zero attached hydrogens (tertiary/aromatic N) is 4. The van der Waals surface area contributed by atoms with Crippen molar-refractivity contribution in [2.24, 2.45) is 5.92 Å². The van der Waals surface area contributed by atoms with Crippen molar-refractivity contribution >= 4 is 16.8 Å². The minimum absolute atomic E-state index is 0.00662. The minimum Gasteiger partial charge on any atom is -0.337 e. The van der Waals surface area contributed by atoms with Crippen LogP contribution in [0.5, 0.6) is 0 Å². The first kappa shape index (κ1) is 18.1. The smallest absolute Gasteiger partial charge is 0.274 e. The Kier molecular flexibility index (Phi) is 4.66. The molecule has 0 unspecified atom stereocenters. The number of hydrogen-bond donors (Lipinski definition) is 1. The summed E-state index contributed by atoms with van der Waals surface area (Å²) in [6.07, 6.45) is 6.00. The second-order valence-electron chi connectivity index (χ2n) is 8.20. The summed E-state index contributed by atoms with van der Waals surface area (Å²) in [4.78, 5) is 27.2. The molecule has 1 aliphatic carbocycles. The average molecular weight is 391 g/mol. The maximum absolute atomic E-state index is 12.9. The Bertz CT molecular complexity index is 1110. The van der Waals surface area contributed by atoms with E-state index in [1.165, 1.54) is 0 Å². The molecule has 7 heteroatoms. The molecule has 3 aromatic rings. The van der Waals surface area contributed by atoms with Crippen molar-refractivity contribution in [2.75, 3.05) is 13.1 Å². The Hall–Kier alpha value is -2.96. The lowest BCUT2D eigenvalue weighted by Crippen LogP contribution is -2.40. The zero-order chi connectivity index (χ0) is 19.8. The number of carbonyl (C=O) groups excluding carboxylic acids is 1. The lowest BCUT2D eigenvalue weighted by molar-refractivity contribution is 0.0676. The summed E-state index contributed by atoms with van der Waals surface area (Å²) in [6.45, 7) is 2.01. The highest BCUT2D eigenvalue weighted by atomic mass is 16.2. The molecule has 0 bridgehead atoms. The number of rotatable bonds is 3. The molecule has 1 N–H and O–H groups in total. The van der Waals surface area contributed by atoms with Gasteiger partial charge < -0.3 is 4.90 Å². The monoisotopic (exact) mass is 391 g/mol. The Balaban J connectivity index is 1.25. The lowest BCUT2D eigenvalue weighted by atomic mass is 9.95. The maximum atomic E-state index is 12.9. The number of nitrogens with one attached hydrogen (secondary N) is 1. The molecule has 1 aromatic carbocycles. The second-order valence-corrected chi connectivity index (χ2v) is 8.20. The molecule has 0 atom stereocenters. The van der Waals surface area contributed by atoms with E-state index in [0.29, 0.717) is 31.2 Å². The van der Waals surface area contributed by atoms with E-state index >= 15 is 0 Å². The van der Waals surface area contributed by atoms with Gasteiger partial charge in [0, 0.05) is 31.1 Å². The van der Waals surface area contributed by atoms with Crippen molar-refractivity contribution in [1.29, 1.82) is 0 Å². The van der Waals surface area contributed by atoms with E-state index in [9.17, 15) is 9.59 Å². The number of para-hydroxylation sites is 1. The number of hydrogen-bond acceptors (Lipinski definition) is 4. The summed E-state index contributed by atoms with van der Waals surface area (Å²) in [5.74, 6) is 0.340. The molecule has 29 heavy (non-hydrogen) atoms. The molecular weight excluding hydrogens is 366 g/mol. The van der Waals surface area contributed by atoms with Crippen molar-refractivity contribution in [3.63, 3.8) is 0 Å². The lowest BCUT2D eigenvalue weighted by Gasteiger charge is -2.31. The summed E-state index contributed by atoms with van der Waals surface area (Å²) >= 11 is 0. The van der Waals surface area contributed by atoms with Crippen LogP contribution in [0.1, 0.15) is 47.4 Å². The highest BCUT2D eigenvalue weighted by Gasteiger charge is 2.27. The number of likely N-dealkylation sites (tertiary alicyclic amines) is 1. The van der Waals surface area contributed by atoms with Crippen molar-refractivity contribution < 1.29 is 4.79 Å². The number of amides is 1. The second kappa shape index (κ2) is 7.46. The fourth-order valence-electron chi connectivity index (χ4n) is 4.57. The largest absolute Gasteiger partial charge is 0.337 e. The van der Waals surface area contributed by atoms with E-state index in [2.05, 4.69) is 15.3 Å². The van der Waals surface area contributed by atoms with Crippen molar-refractivity contribution in [3.05, 3.63) is 57.6 Å². The topological polar surface area (TPSA) is 83.9 Å². The summed E-state index contributed by atoms with van der Waals surface area (Å²) in [5, 5.41) is 12.7. The number of H-pyrrole nitrogens is 1. The van der Waals surface area contributed by atoms with Gasteiger partial charge in [0.05, 0.1) is 11.2 Å². The number of benzene rings is 1. The highest BCUT2D eigenvalue weighted by molar-refractivity contribution is 6.04. The Morgan fingerprint density at radius 3 is 2.79 bits per heavy atom. The van der Waals surface area contributed by atoms with Gasteiger partial charge in [-0.05, 0) is 56.1 Å². The van der Waals surface area contributed by atoms with Crippen LogP contribution >= 0.6 is 0 Å². The first-order chi connectivity index (χ1) is 14.2. The summed E-state index contributed by atoms with van der Waals surface area (Å²) < 4.78 is 1.65. The number of aryl methyl sites for hydroxylation is 2. The predicted octanol–water partition coefficient (Wildman–Crippen LogP) is 2.55. The Morgan fingerprint density at radius 2 is 1.93 bits per heavy atom. The van der Waals surface area contributed by atoms with Gasteiger partial charge >= 0.3 is 0 Å². The fraction of sp³-hybridized carbons (Fsp3) is 0.455. The number of aromatic amines is 1. The van der Waals surface area contributed by atoms with E-state index in [1.807, 2.05) is 29.2 Å².